The van der Waals surface area contributed by atoms with E-state index in [-0.39, 0.29) is 10.7 Å². The number of rotatable bonds is 4. The molecular weight excluding hydrogens is 312 g/mol. The van der Waals surface area contributed by atoms with E-state index in [0.29, 0.717) is 5.69 Å². The molecule has 88 valence electrons. The number of hydrogen-bond acceptors (Lipinski definition) is 3. The maximum absolute atomic E-state index is 11.6. The van der Waals surface area contributed by atoms with Gasteiger partial charge in [-0.3, -0.25) is 4.72 Å². The van der Waals surface area contributed by atoms with Crippen molar-refractivity contribution in [2.45, 2.75) is 6.92 Å². The Morgan fingerprint density at radius 2 is 2.19 bits per heavy atom. The Morgan fingerprint density at radius 3 is 2.75 bits per heavy atom. The van der Waals surface area contributed by atoms with Gasteiger partial charge < -0.3 is 5.73 Å². The minimum absolute atomic E-state index is 0.0554. The van der Waals surface area contributed by atoms with Crippen molar-refractivity contribution in [2.24, 2.45) is 5.73 Å². The largest absolute Gasteiger partial charge is 0.392 e. The Morgan fingerprint density at radius 1 is 1.56 bits per heavy atom. The van der Waals surface area contributed by atoms with Crippen LogP contribution in [0.3, 0.4) is 0 Å². The van der Waals surface area contributed by atoms with E-state index in [1.807, 2.05) is 13.0 Å². The number of hydrogen-bond donors (Lipinski definition) is 2. The molecule has 0 amide bonds. The SMILES string of the molecule is Cc1c(Br)cccc1NS(=O)(=O)CC(N)=S. The van der Waals surface area contributed by atoms with Crippen molar-refractivity contribution < 1.29 is 8.42 Å². The van der Waals surface area contributed by atoms with Crippen LogP contribution in [0.5, 0.6) is 0 Å². The molecule has 0 saturated carbocycles. The van der Waals surface area contributed by atoms with Gasteiger partial charge >= 0.3 is 0 Å². The molecule has 0 heterocycles. The molecule has 0 bridgehead atoms. The van der Waals surface area contributed by atoms with Crippen LogP contribution in [0.15, 0.2) is 22.7 Å². The predicted molar refractivity (Wildman–Crippen MR) is 73.1 cm³/mol. The Hall–Kier alpha value is -0.660. The third-order valence-corrected chi connectivity index (χ3v) is 4.27. The van der Waals surface area contributed by atoms with Crippen LogP contribution >= 0.6 is 28.1 Å². The maximum Gasteiger partial charge on any atom is 0.239 e. The van der Waals surface area contributed by atoms with Crippen LogP contribution in [-0.4, -0.2) is 19.2 Å². The average molecular weight is 323 g/mol. The zero-order valence-corrected chi connectivity index (χ0v) is 11.7. The van der Waals surface area contributed by atoms with Gasteiger partial charge in [0.15, 0.2) is 0 Å². The van der Waals surface area contributed by atoms with Crippen molar-refractivity contribution in [1.29, 1.82) is 0 Å². The van der Waals surface area contributed by atoms with Gasteiger partial charge in [0.1, 0.15) is 5.75 Å². The van der Waals surface area contributed by atoms with E-state index in [1.165, 1.54) is 0 Å². The first kappa shape index (κ1) is 13.4. The monoisotopic (exact) mass is 322 g/mol. The second-order valence-electron chi connectivity index (χ2n) is 3.24. The maximum atomic E-state index is 11.6. The summed E-state index contributed by atoms with van der Waals surface area (Å²) >= 11 is 7.89. The molecule has 4 nitrogen and oxygen atoms in total. The molecule has 1 aromatic carbocycles. The lowest BCUT2D eigenvalue weighted by atomic mass is 10.2. The summed E-state index contributed by atoms with van der Waals surface area (Å²) in [7, 11) is -3.51. The van der Waals surface area contributed by atoms with Crippen LogP contribution in [0.1, 0.15) is 5.56 Å². The lowest BCUT2D eigenvalue weighted by Crippen LogP contribution is -2.26. The minimum atomic E-state index is -3.51. The van der Waals surface area contributed by atoms with Gasteiger partial charge in [-0.05, 0) is 24.6 Å². The number of sulfonamides is 1. The molecule has 1 rings (SSSR count). The van der Waals surface area contributed by atoms with E-state index in [9.17, 15) is 8.42 Å². The van der Waals surface area contributed by atoms with Gasteiger partial charge in [-0.1, -0.05) is 34.2 Å². The molecule has 0 aromatic heterocycles. The fourth-order valence-corrected chi connectivity index (χ4v) is 2.94. The van der Waals surface area contributed by atoms with E-state index in [2.05, 4.69) is 32.9 Å². The lowest BCUT2D eigenvalue weighted by Gasteiger charge is -2.10. The quantitative estimate of drug-likeness (QED) is 0.829. The van der Waals surface area contributed by atoms with Gasteiger partial charge in [0.05, 0.1) is 10.7 Å². The predicted octanol–water partition coefficient (Wildman–Crippen LogP) is 1.79. The van der Waals surface area contributed by atoms with E-state index < -0.39 is 10.0 Å². The molecule has 0 aliphatic carbocycles. The number of halogens is 1. The van der Waals surface area contributed by atoms with Crippen molar-refractivity contribution in [1.82, 2.24) is 0 Å². The number of nitrogens with one attached hydrogen (secondary N) is 1. The third kappa shape index (κ3) is 3.73. The van der Waals surface area contributed by atoms with Gasteiger partial charge in [-0.25, -0.2) is 8.42 Å². The van der Waals surface area contributed by atoms with Gasteiger partial charge in [-0.2, -0.15) is 0 Å². The zero-order chi connectivity index (χ0) is 12.3. The molecule has 0 aliphatic heterocycles. The first-order valence-electron chi connectivity index (χ1n) is 4.36. The molecule has 1 aromatic rings. The second-order valence-corrected chi connectivity index (χ2v) is 6.34. The molecule has 7 heteroatoms. The van der Waals surface area contributed by atoms with E-state index in [1.54, 1.807) is 12.1 Å². The molecule has 3 N–H and O–H groups in total. The Kier molecular flexibility index (Phi) is 4.28. The van der Waals surface area contributed by atoms with Crippen LogP contribution in [0, 0.1) is 6.92 Å². The summed E-state index contributed by atoms with van der Waals surface area (Å²) < 4.78 is 26.4. The van der Waals surface area contributed by atoms with E-state index >= 15 is 0 Å². The lowest BCUT2D eigenvalue weighted by molar-refractivity contribution is 0.605. The number of nitrogens with two attached hydrogens (primary N) is 1. The fourth-order valence-electron chi connectivity index (χ4n) is 1.11. The molecule has 0 fully saturated rings. The first-order valence-corrected chi connectivity index (χ1v) is 7.21. The molecule has 0 atom stereocenters. The third-order valence-electron chi connectivity index (χ3n) is 1.87. The van der Waals surface area contributed by atoms with Crippen molar-refractivity contribution in [3.63, 3.8) is 0 Å². The van der Waals surface area contributed by atoms with Gasteiger partial charge in [-0.15, -0.1) is 0 Å². The molecule has 0 spiro atoms. The van der Waals surface area contributed by atoms with Crippen molar-refractivity contribution >= 4 is 48.8 Å². The Balaban J connectivity index is 2.97. The van der Waals surface area contributed by atoms with Crippen molar-refractivity contribution in [2.75, 3.05) is 10.5 Å². The highest BCUT2D eigenvalue weighted by Gasteiger charge is 2.13. The molecule has 0 aliphatic rings. The summed E-state index contributed by atoms with van der Waals surface area (Å²) in [5.41, 5.74) is 6.54. The highest BCUT2D eigenvalue weighted by Crippen LogP contribution is 2.24. The molecule has 0 radical (unpaired) electrons. The molecule has 0 saturated heterocycles. The van der Waals surface area contributed by atoms with Gasteiger partial charge in [0.25, 0.3) is 0 Å². The van der Waals surface area contributed by atoms with Crippen molar-refractivity contribution in [3.8, 4) is 0 Å². The minimum Gasteiger partial charge on any atom is -0.392 e. The summed E-state index contributed by atoms with van der Waals surface area (Å²) in [6.07, 6.45) is 0. The summed E-state index contributed by atoms with van der Waals surface area (Å²) in [6.45, 7) is 1.81. The number of anilines is 1. The summed E-state index contributed by atoms with van der Waals surface area (Å²) in [5.74, 6) is -0.353. The number of benzene rings is 1. The van der Waals surface area contributed by atoms with Crippen molar-refractivity contribution in [3.05, 3.63) is 28.2 Å². The second kappa shape index (κ2) is 5.11. The summed E-state index contributed by atoms with van der Waals surface area (Å²) in [4.78, 5) is -0.0554. The fraction of sp³-hybridized carbons (Fsp3) is 0.222. The van der Waals surface area contributed by atoms with Crippen LogP contribution in [-0.2, 0) is 10.0 Å². The zero-order valence-electron chi connectivity index (χ0n) is 8.53. The summed E-state index contributed by atoms with van der Waals surface area (Å²) in [5, 5.41) is 0. The van der Waals surface area contributed by atoms with Crippen LogP contribution in [0.4, 0.5) is 5.69 Å². The van der Waals surface area contributed by atoms with E-state index in [4.69, 9.17) is 5.73 Å². The molecule has 0 unspecified atom stereocenters. The first-order chi connectivity index (χ1) is 7.32. The normalized spacial score (nSPS) is 11.1. The van der Waals surface area contributed by atoms with Crippen LogP contribution < -0.4 is 10.5 Å². The highest BCUT2D eigenvalue weighted by molar-refractivity contribution is 9.10. The van der Waals surface area contributed by atoms with Crippen LogP contribution in [0.25, 0.3) is 0 Å². The Labute approximate surface area is 108 Å². The van der Waals surface area contributed by atoms with Gasteiger partial charge in [0.2, 0.25) is 10.0 Å². The van der Waals surface area contributed by atoms with E-state index in [0.717, 1.165) is 10.0 Å². The smallest absolute Gasteiger partial charge is 0.239 e. The Bertz CT molecular complexity index is 514. The standard InChI is InChI=1S/C9H11BrN2O2S2/c1-6-7(10)3-2-4-8(6)12-16(13,14)5-9(11)15/h2-4,12H,5H2,1H3,(H2,11,15). The number of thiocarbonyl (C=S) groups is 1. The molecular formula is C9H11BrN2O2S2. The average Bonchev–Trinajstić information content (AvgIpc) is 2.10. The van der Waals surface area contributed by atoms with Crippen LogP contribution in [0.2, 0.25) is 0 Å². The van der Waals surface area contributed by atoms with Gasteiger partial charge in [0, 0.05) is 4.47 Å². The highest BCUT2D eigenvalue weighted by atomic mass is 79.9. The topological polar surface area (TPSA) is 72.2 Å². The summed E-state index contributed by atoms with van der Waals surface area (Å²) in [6, 6.07) is 5.26. The molecule has 16 heavy (non-hydrogen) atoms.